The third kappa shape index (κ3) is 3.82. The van der Waals surface area contributed by atoms with Gasteiger partial charge < -0.3 is 9.64 Å². The van der Waals surface area contributed by atoms with E-state index in [-0.39, 0.29) is 0 Å². The zero-order chi connectivity index (χ0) is 12.8. The number of alkyl halides is 1. The summed E-state index contributed by atoms with van der Waals surface area (Å²) in [6.07, 6.45) is 1.80. The summed E-state index contributed by atoms with van der Waals surface area (Å²) in [5.41, 5.74) is 1.92. The Morgan fingerprint density at radius 2 is 2.18 bits per heavy atom. The van der Waals surface area contributed by atoms with Crippen LogP contribution in [0.3, 0.4) is 0 Å². The number of nitrogens with zero attached hydrogens (tertiary/aromatic N) is 3. The smallest absolute Gasteiger partial charge is 0.225 e. The summed E-state index contributed by atoms with van der Waals surface area (Å²) in [5.74, 6) is 1.19. The van der Waals surface area contributed by atoms with E-state index >= 15 is 0 Å². The Balaban J connectivity index is 2.90. The fourth-order valence-corrected chi connectivity index (χ4v) is 1.79. The number of anilines is 1. The molecule has 0 aliphatic heterocycles. The Bertz CT molecular complexity index is 358. The monoisotopic (exact) mass is 257 g/mol. The zero-order valence-electron chi connectivity index (χ0n) is 10.9. The van der Waals surface area contributed by atoms with Crippen LogP contribution in [0, 0.1) is 6.92 Å². The number of rotatable bonds is 6. The van der Waals surface area contributed by atoms with Gasteiger partial charge in [0.05, 0.1) is 12.5 Å². The second-order valence-corrected chi connectivity index (χ2v) is 4.46. The summed E-state index contributed by atoms with van der Waals surface area (Å²) in [6, 6.07) is 0.339. The van der Waals surface area contributed by atoms with Gasteiger partial charge in [-0.25, -0.2) is 9.97 Å². The molecule has 0 saturated heterocycles. The number of aromatic nitrogens is 2. The minimum Gasteiger partial charge on any atom is -0.383 e. The first-order chi connectivity index (χ1) is 8.10. The van der Waals surface area contributed by atoms with Crippen molar-refractivity contribution in [3.8, 4) is 0 Å². The first-order valence-corrected chi connectivity index (χ1v) is 6.27. The normalized spacial score (nSPS) is 10.9. The second-order valence-electron chi connectivity index (χ2n) is 4.19. The molecule has 96 valence electrons. The Morgan fingerprint density at radius 1 is 1.47 bits per heavy atom. The van der Waals surface area contributed by atoms with Crippen molar-refractivity contribution in [2.24, 2.45) is 0 Å². The minimum atomic E-state index is 0.339. The average molecular weight is 258 g/mol. The Hall–Kier alpha value is -0.870. The average Bonchev–Trinajstić information content (AvgIpc) is 2.29. The third-order valence-electron chi connectivity index (χ3n) is 2.63. The van der Waals surface area contributed by atoms with E-state index in [1.54, 1.807) is 13.3 Å². The molecule has 0 saturated carbocycles. The molecule has 0 radical (unpaired) electrons. The molecule has 1 heterocycles. The summed E-state index contributed by atoms with van der Waals surface area (Å²) in [5, 5.41) is 0. The number of halogens is 1. The lowest BCUT2D eigenvalue weighted by Gasteiger charge is -2.26. The number of methoxy groups -OCH3 is 1. The van der Waals surface area contributed by atoms with E-state index in [4.69, 9.17) is 16.3 Å². The quantitative estimate of drug-likeness (QED) is 0.734. The molecule has 0 aromatic carbocycles. The van der Waals surface area contributed by atoms with Crippen molar-refractivity contribution in [1.29, 1.82) is 0 Å². The first kappa shape index (κ1) is 14.2. The van der Waals surface area contributed by atoms with Crippen LogP contribution in [0.2, 0.25) is 0 Å². The maximum absolute atomic E-state index is 5.80. The highest BCUT2D eigenvalue weighted by Gasteiger charge is 2.14. The van der Waals surface area contributed by atoms with E-state index in [0.717, 1.165) is 23.8 Å². The molecule has 17 heavy (non-hydrogen) atoms. The van der Waals surface area contributed by atoms with Gasteiger partial charge in [0, 0.05) is 37.2 Å². The van der Waals surface area contributed by atoms with Crippen molar-refractivity contribution < 1.29 is 4.74 Å². The van der Waals surface area contributed by atoms with Crippen LogP contribution in [-0.2, 0) is 10.6 Å². The summed E-state index contributed by atoms with van der Waals surface area (Å²) in [6.45, 7) is 7.64. The molecule has 0 N–H and O–H groups in total. The SMILES string of the molecule is COCCN(c1ncc(CCl)c(C)n1)C(C)C. The van der Waals surface area contributed by atoms with Crippen LogP contribution in [0.15, 0.2) is 6.20 Å². The van der Waals surface area contributed by atoms with Crippen LogP contribution >= 0.6 is 11.6 Å². The van der Waals surface area contributed by atoms with Gasteiger partial charge in [0.1, 0.15) is 0 Å². The van der Waals surface area contributed by atoms with Gasteiger partial charge >= 0.3 is 0 Å². The van der Waals surface area contributed by atoms with E-state index < -0.39 is 0 Å². The Morgan fingerprint density at radius 3 is 2.65 bits per heavy atom. The lowest BCUT2D eigenvalue weighted by atomic mass is 10.3. The highest BCUT2D eigenvalue weighted by molar-refractivity contribution is 6.17. The fourth-order valence-electron chi connectivity index (χ4n) is 1.53. The number of aryl methyl sites for hydroxylation is 1. The van der Waals surface area contributed by atoms with Crippen molar-refractivity contribution in [1.82, 2.24) is 9.97 Å². The van der Waals surface area contributed by atoms with Crippen LogP contribution in [-0.4, -0.2) is 36.3 Å². The molecular formula is C12H20ClN3O. The van der Waals surface area contributed by atoms with Gasteiger partial charge in [-0.05, 0) is 20.8 Å². The van der Waals surface area contributed by atoms with E-state index in [1.807, 2.05) is 6.92 Å². The van der Waals surface area contributed by atoms with Crippen LogP contribution < -0.4 is 4.90 Å². The standard InChI is InChI=1S/C12H20ClN3O/c1-9(2)16(5-6-17-4)12-14-8-11(7-13)10(3)15-12/h8-9H,5-7H2,1-4H3. The van der Waals surface area contributed by atoms with Crippen molar-refractivity contribution in [3.63, 3.8) is 0 Å². The number of hydrogen-bond acceptors (Lipinski definition) is 4. The summed E-state index contributed by atoms with van der Waals surface area (Å²) in [7, 11) is 1.70. The van der Waals surface area contributed by atoms with Crippen LogP contribution in [0.5, 0.6) is 0 Å². The topological polar surface area (TPSA) is 38.2 Å². The highest BCUT2D eigenvalue weighted by atomic mass is 35.5. The summed E-state index contributed by atoms with van der Waals surface area (Å²) < 4.78 is 5.10. The van der Waals surface area contributed by atoms with E-state index in [2.05, 4.69) is 28.7 Å². The van der Waals surface area contributed by atoms with Crippen molar-refractivity contribution in [2.45, 2.75) is 32.7 Å². The van der Waals surface area contributed by atoms with Gasteiger partial charge in [-0.1, -0.05) is 0 Å². The minimum absolute atomic E-state index is 0.339. The molecular weight excluding hydrogens is 238 g/mol. The molecule has 0 unspecified atom stereocenters. The Kier molecular flexibility index (Phi) is 5.65. The summed E-state index contributed by atoms with van der Waals surface area (Å²) >= 11 is 5.80. The fraction of sp³-hybridized carbons (Fsp3) is 0.667. The Labute approximate surface area is 108 Å². The van der Waals surface area contributed by atoms with Gasteiger partial charge in [-0.15, -0.1) is 11.6 Å². The molecule has 5 heteroatoms. The van der Waals surface area contributed by atoms with Crippen LogP contribution in [0.4, 0.5) is 5.95 Å². The molecule has 4 nitrogen and oxygen atoms in total. The molecule has 0 atom stereocenters. The molecule has 0 aliphatic carbocycles. The van der Waals surface area contributed by atoms with E-state index in [9.17, 15) is 0 Å². The van der Waals surface area contributed by atoms with Crippen LogP contribution in [0.25, 0.3) is 0 Å². The van der Waals surface area contributed by atoms with Gasteiger partial charge in [0.15, 0.2) is 0 Å². The highest BCUT2D eigenvalue weighted by Crippen LogP contribution is 2.14. The number of ether oxygens (including phenoxy) is 1. The van der Waals surface area contributed by atoms with Crippen molar-refractivity contribution in [3.05, 3.63) is 17.5 Å². The predicted octanol–water partition coefficient (Wildman–Crippen LogP) is 2.39. The van der Waals surface area contributed by atoms with E-state index in [1.165, 1.54) is 0 Å². The third-order valence-corrected chi connectivity index (χ3v) is 2.92. The molecule has 0 spiro atoms. The lowest BCUT2D eigenvalue weighted by Crippen LogP contribution is -2.35. The maximum atomic E-state index is 5.80. The van der Waals surface area contributed by atoms with Crippen LogP contribution in [0.1, 0.15) is 25.1 Å². The molecule has 1 aromatic heterocycles. The number of hydrogen-bond donors (Lipinski definition) is 0. The summed E-state index contributed by atoms with van der Waals surface area (Å²) in [4.78, 5) is 11.0. The second kappa shape index (κ2) is 6.77. The van der Waals surface area contributed by atoms with Gasteiger partial charge in [-0.3, -0.25) is 0 Å². The maximum Gasteiger partial charge on any atom is 0.225 e. The van der Waals surface area contributed by atoms with E-state index in [0.29, 0.717) is 18.5 Å². The lowest BCUT2D eigenvalue weighted by molar-refractivity contribution is 0.203. The predicted molar refractivity (Wildman–Crippen MR) is 70.7 cm³/mol. The van der Waals surface area contributed by atoms with Crippen molar-refractivity contribution >= 4 is 17.5 Å². The molecule has 1 aromatic rings. The molecule has 0 amide bonds. The van der Waals surface area contributed by atoms with Gasteiger partial charge in [-0.2, -0.15) is 0 Å². The van der Waals surface area contributed by atoms with Gasteiger partial charge in [0.25, 0.3) is 0 Å². The molecule has 0 bridgehead atoms. The van der Waals surface area contributed by atoms with Gasteiger partial charge in [0.2, 0.25) is 5.95 Å². The molecule has 0 fully saturated rings. The first-order valence-electron chi connectivity index (χ1n) is 5.74. The largest absolute Gasteiger partial charge is 0.383 e. The molecule has 0 aliphatic rings. The van der Waals surface area contributed by atoms with Crippen molar-refractivity contribution in [2.75, 3.05) is 25.2 Å². The molecule has 1 rings (SSSR count). The zero-order valence-corrected chi connectivity index (χ0v) is 11.7.